The Kier molecular flexibility index (Phi) is 3.16. The van der Waals surface area contributed by atoms with Crippen LogP contribution in [0.15, 0.2) is 50.5 Å². The number of fused-ring (bicyclic) bond motifs is 3. The molecule has 0 radical (unpaired) electrons. The Balaban J connectivity index is 1.90. The Hall–Kier alpha value is -3.09. The van der Waals surface area contributed by atoms with E-state index in [1.807, 2.05) is 30.3 Å². The number of oxazole rings is 1. The topological polar surface area (TPSA) is 74.4 Å². The van der Waals surface area contributed by atoms with E-state index in [4.69, 9.17) is 4.42 Å². The van der Waals surface area contributed by atoms with E-state index in [-0.39, 0.29) is 11.2 Å². The number of hydrogen-bond acceptors (Lipinski definition) is 4. The normalized spacial score (nSPS) is 11.6. The molecule has 0 spiro atoms. The minimum atomic E-state index is -0.374. The van der Waals surface area contributed by atoms with Crippen molar-refractivity contribution in [2.75, 3.05) is 0 Å². The van der Waals surface area contributed by atoms with Crippen LogP contribution in [0.4, 0.5) is 0 Å². The summed E-state index contributed by atoms with van der Waals surface area (Å²) in [7, 11) is 1.61. The fraction of sp³-hybridized carbons (Fsp3) is 0.235. The number of imidazole rings is 1. The number of aromatic nitrogens is 4. The smallest absolute Gasteiger partial charge is 0.332 e. The van der Waals surface area contributed by atoms with E-state index in [1.54, 1.807) is 24.6 Å². The van der Waals surface area contributed by atoms with Gasteiger partial charge in [-0.3, -0.25) is 18.3 Å². The lowest BCUT2D eigenvalue weighted by Crippen LogP contribution is -2.39. The molecule has 7 nitrogen and oxygen atoms in total. The zero-order valence-corrected chi connectivity index (χ0v) is 13.4. The second-order valence-electron chi connectivity index (χ2n) is 5.81. The molecular formula is C17H16N4O3. The van der Waals surface area contributed by atoms with Crippen LogP contribution >= 0.6 is 0 Å². The molecule has 4 aromatic rings. The van der Waals surface area contributed by atoms with Crippen molar-refractivity contribution in [2.24, 2.45) is 7.05 Å². The van der Waals surface area contributed by atoms with E-state index in [0.29, 0.717) is 35.7 Å². The lowest BCUT2D eigenvalue weighted by Gasteiger charge is -2.08. The summed E-state index contributed by atoms with van der Waals surface area (Å²) >= 11 is 0. The van der Waals surface area contributed by atoms with Crippen molar-refractivity contribution < 1.29 is 4.42 Å². The van der Waals surface area contributed by atoms with Crippen LogP contribution in [-0.2, 0) is 20.0 Å². The van der Waals surface area contributed by atoms with Gasteiger partial charge < -0.3 is 4.42 Å². The highest BCUT2D eigenvalue weighted by atomic mass is 16.4. The molecule has 0 unspecified atom stereocenters. The van der Waals surface area contributed by atoms with Crippen LogP contribution in [0.1, 0.15) is 11.3 Å². The average molecular weight is 324 g/mol. The highest BCUT2D eigenvalue weighted by Gasteiger charge is 2.18. The highest BCUT2D eigenvalue weighted by Crippen LogP contribution is 2.14. The van der Waals surface area contributed by atoms with E-state index in [2.05, 4.69) is 4.98 Å². The summed E-state index contributed by atoms with van der Waals surface area (Å²) in [6, 6.07) is 9.77. The number of hydrogen-bond donors (Lipinski definition) is 0. The highest BCUT2D eigenvalue weighted by molar-refractivity contribution is 5.74. The predicted octanol–water partition coefficient (Wildman–Crippen LogP) is 1.49. The lowest BCUT2D eigenvalue weighted by atomic mass is 10.1. The summed E-state index contributed by atoms with van der Waals surface area (Å²) in [4.78, 5) is 29.7. The molecule has 0 N–H and O–H groups in total. The molecule has 4 rings (SSSR count). The van der Waals surface area contributed by atoms with Gasteiger partial charge in [-0.15, -0.1) is 0 Å². The van der Waals surface area contributed by atoms with Crippen molar-refractivity contribution in [3.63, 3.8) is 0 Å². The average Bonchev–Trinajstić information content (AvgIpc) is 3.09. The van der Waals surface area contributed by atoms with Gasteiger partial charge in [-0.2, -0.15) is 4.98 Å². The van der Waals surface area contributed by atoms with E-state index in [0.717, 1.165) is 5.56 Å². The van der Waals surface area contributed by atoms with Crippen LogP contribution in [-0.4, -0.2) is 18.5 Å². The SMILES string of the molecule is Cc1cn2c(nc3c2c(=O)n(CCc2ccccc2)c(=O)n3C)o1. The standard InChI is InChI=1S/C17H16N4O3/c1-11-10-21-13-14(18-16(21)24-11)19(2)17(23)20(15(13)22)9-8-12-6-4-3-5-7-12/h3-7,10H,8-9H2,1-2H3. The third-order valence-corrected chi connectivity index (χ3v) is 4.17. The number of aryl methyl sites for hydroxylation is 3. The number of rotatable bonds is 3. The van der Waals surface area contributed by atoms with Crippen LogP contribution in [0.2, 0.25) is 0 Å². The molecule has 0 fully saturated rings. The molecule has 7 heteroatoms. The first kappa shape index (κ1) is 14.5. The van der Waals surface area contributed by atoms with Gasteiger partial charge in [0, 0.05) is 13.6 Å². The van der Waals surface area contributed by atoms with Crippen LogP contribution < -0.4 is 11.2 Å². The Morgan fingerprint density at radius 1 is 1.17 bits per heavy atom. The number of benzene rings is 1. The van der Waals surface area contributed by atoms with Gasteiger partial charge in [-0.25, -0.2) is 4.79 Å². The Bertz CT molecular complexity index is 1160. The Labute approximate surface area is 136 Å². The van der Waals surface area contributed by atoms with Gasteiger partial charge in [0.05, 0.1) is 6.20 Å². The van der Waals surface area contributed by atoms with Crippen molar-refractivity contribution in [3.05, 3.63) is 68.7 Å². The summed E-state index contributed by atoms with van der Waals surface area (Å²) in [5.41, 5.74) is 1.04. The molecule has 122 valence electrons. The van der Waals surface area contributed by atoms with Gasteiger partial charge in [0.1, 0.15) is 5.76 Å². The van der Waals surface area contributed by atoms with Gasteiger partial charge in [-0.1, -0.05) is 30.3 Å². The van der Waals surface area contributed by atoms with Crippen molar-refractivity contribution in [1.82, 2.24) is 18.5 Å². The first-order chi connectivity index (χ1) is 11.6. The first-order valence-electron chi connectivity index (χ1n) is 7.68. The summed E-state index contributed by atoms with van der Waals surface area (Å²) in [5.74, 6) is 0.971. The zero-order valence-electron chi connectivity index (χ0n) is 13.4. The quantitative estimate of drug-likeness (QED) is 0.572. The predicted molar refractivity (Wildman–Crippen MR) is 89.3 cm³/mol. The monoisotopic (exact) mass is 324 g/mol. The largest absolute Gasteiger partial charge is 0.428 e. The van der Waals surface area contributed by atoms with E-state index >= 15 is 0 Å². The molecule has 0 amide bonds. The summed E-state index contributed by atoms with van der Waals surface area (Å²) in [6.45, 7) is 2.10. The minimum Gasteiger partial charge on any atom is -0.428 e. The third-order valence-electron chi connectivity index (χ3n) is 4.17. The van der Waals surface area contributed by atoms with Gasteiger partial charge in [-0.05, 0) is 18.9 Å². The third kappa shape index (κ3) is 2.09. The van der Waals surface area contributed by atoms with Crippen molar-refractivity contribution in [3.8, 4) is 0 Å². The molecule has 24 heavy (non-hydrogen) atoms. The van der Waals surface area contributed by atoms with Crippen LogP contribution in [0.5, 0.6) is 0 Å². The van der Waals surface area contributed by atoms with E-state index in [9.17, 15) is 9.59 Å². The van der Waals surface area contributed by atoms with Crippen molar-refractivity contribution >= 4 is 17.0 Å². The second kappa shape index (κ2) is 5.23. The van der Waals surface area contributed by atoms with Crippen LogP contribution in [0.25, 0.3) is 17.0 Å². The first-order valence-corrected chi connectivity index (χ1v) is 7.68. The van der Waals surface area contributed by atoms with Crippen LogP contribution in [0.3, 0.4) is 0 Å². The zero-order chi connectivity index (χ0) is 16.8. The molecule has 0 aliphatic heterocycles. The summed E-state index contributed by atoms with van der Waals surface area (Å²) in [5, 5.41) is 0. The maximum absolute atomic E-state index is 12.9. The summed E-state index contributed by atoms with van der Waals surface area (Å²) < 4.78 is 9.71. The second-order valence-corrected chi connectivity index (χ2v) is 5.81. The fourth-order valence-corrected chi connectivity index (χ4v) is 2.95. The molecule has 1 aromatic carbocycles. The molecule has 0 atom stereocenters. The lowest BCUT2D eigenvalue weighted by molar-refractivity contribution is 0.563. The molecular weight excluding hydrogens is 308 g/mol. The molecule has 0 aliphatic rings. The van der Waals surface area contributed by atoms with E-state index < -0.39 is 0 Å². The molecule has 0 aliphatic carbocycles. The molecule has 3 heterocycles. The molecule has 0 saturated carbocycles. The van der Waals surface area contributed by atoms with Crippen molar-refractivity contribution in [2.45, 2.75) is 19.9 Å². The summed E-state index contributed by atoms with van der Waals surface area (Å²) in [6.07, 6.45) is 2.31. The minimum absolute atomic E-state index is 0.315. The number of nitrogens with zero attached hydrogens (tertiary/aromatic N) is 4. The van der Waals surface area contributed by atoms with Crippen molar-refractivity contribution in [1.29, 1.82) is 0 Å². The Morgan fingerprint density at radius 2 is 1.92 bits per heavy atom. The molecule has 3 aromatic heterocycles. The van der Waals surface area contributed by atoms with E-state index in [1.165, 1.54) is 9.13 Å². The maximum Gasteiger partial charge on any atom is 0.332 e. The molecule has 0 bridgehead atoms. The maximum atomic E-state index is 12.9. The van der Waals surface area contributed by atoms with Gasteiger partial charge in [0.25, 0.3) is 5.56 Å². The molecule has 0 saturated heterocycles. The van der Waals surface area contributed by atoms with Gasteiger partial charge >= 0.3 is 11.5 Å². The van der Waals surface area contributed by atoms with Gasteiger partial charge in [0.2, 0.25) is 0 Å². The fourth-order valence-electron chi connectivity index (χ4n) is 2.95. The van der Waals surface area contributed by atoms with Gasteiger partial charge in [0.15, 0.2) is 11.2 Å². The Morgan fingerprint density at radius 3 is 2.67 bits per heavy atom. The van der Waals surface area contributed by atoms with Crippen LogP contribution in [0, 0.1) is 6.92 Å².